The number of carbonyl (C=O) groups is 1. The number of amides is 1. The largest absolute Gasteiger partial charge is 0.416 e. The Morgan fingerprint density at radius 1 is 1.06 bits per heavy atom. The highest BCUT2D eigenvalue weighted by Gasteiger charge is 2.30. The number of anilines is 1. The first-order valence-electron chi connectivity index (χ1n) is 8.98. The summed E-state index contributed by atoms with van der Waals surface area (Å²) in [6.07, 6.45) is -4.47. The Morgan fingerprint density at radius 3 is 2.39 bits per heavy atom. The van der Waals surface area contributed by atoms with Crippen molar-refractivity contribution in [1.29, 1.82) is 0 Å². The van der Waals surface area contributed by atoms with Crippen LogP contribution in [0.5, 0.6) is 0 Å². The number of rotatable bonds is 4. The van der Waals surface area contributed by atoms with Gasteiger partial charge < -0.3 is 5.32 Å². The molecule has 5 nitrogen and oxygen atoms in total. The lowest BCUT2D eigenvalue weighted by Crippen LogP contribution is -2.15. The van der Waals surface area contributed by atoms with E-state index in [1.165, 1.54) is 28.2 Å². The average molecular weight is 446 g/mol. The fourth-order valence-electron chi connectivity index (χ4n) is 2.85. The summed E-state index contributed by atoms with van der Waals surface area (Å²) in [7, 11) is 0. The fourth-order valence-corrected chi connectivity index (χ4v) is 3.64. The van der Waals surface area contributed by atoms with Crippen molar-refractivity contribution in [3.8, 4) is 16.4 Å². The molecule has 0 saturated heterocycles. The molecule has 2 aromatic carbocycles. The van der Waals surface area contributed by atoms with Crippen LogP contribution in [0.3, 0.4) is 0 Å². The van der Waals surface area contributed by atoms with Crippen LogP contribution in [0.25, 0.3) is 16.4 Å². The molecule has 0 unspecified atom stereocenters. The molecule has 10 heteroatoms. The van der Waals surface area contributed by atoms with Crippen LogP contribution in [0.4, 0.5) is 23.4 Å². The van der Waals surface area contributed by atoms with E-state index < -0.39 is 17.6 Å². The van der Waals surface area contributed by atoms with Gasteiger partial charge in [0.1, 0.15) is 11.6 Å². The molecule has 0 atom stereocenters. The van der Waals surface area contributed by atoms with Gasteiger partial charge in [0.25, 0.3) is 5.91 Å². The van der Waals surface area contributed by atoms with Gasteiger partial charge in [-0.25, -0.2) is 9.37 Å². The zero-order chi connectivity index (χ0) is 22.2. The van der Waals surface area contributed by atoms with Gasteiger partial charge in [0, 0.05) is 22.6 Å². The van der Waals surface area contributed by atoms with Crippen LogP contribution in [0.2, 0.25) is 0 Å². The van der Waals surface area contributed by atoms with Crippen LogP contribution in [-0.4, -0.2) is 20.7 Å². The average Bonchev–Trinajstić information content (AvgIpc) is 3.34. The zero-order valence-electron chi connectivity index (χ0n) is 15.9. The lowest BCUT2D eigenvalue weighted by molar-refractivity contribution is -0.137. The maximum Gasteiger partial charge on any atom is 0.416 e. The van der Waals surface area contributed by atoms with E-state index in [0.717, 1.165) is 29.8 Å². The summed E-state index contributed by atoms with van der Waals surface area (Å²) in [6.45, 7) is 1.73. The summed E-state index contributed by atoms with van der Waals surface area (Å²) in [5.74, 6) is -0.609. The number of nitrogens with zero attached hydrogens (tertiary/aromatic N) is 3. The first kappa shape index (κ1) is 20.7. The van der Waals surface area contributed by atoms with Crippen molar-refractivity contribution in [3.05, 3.63) is 82.6 Å². The van der Waals surface area contributed by atoms with E-state index in [4.69, 9.17) is 0 Å². The minimum Gasteiger partial charge on any atom is -0.306 e. The number of nitrogens with one attached hydrogen (secondary N) is 1. The lowest BCUT2D eigenvalue weighted by atomic mass is 10.1. The summed E-state index contributed by atoms with van der Waals surface area (Å²) in [6, 6.07) is 11.4. The molecule has 4 aromatic rings. The molecule has 0 saturated carbocycles. The van der Waals surface area contributed by atoms with E-state index >= 15 is 0 Å². The number of halogens is 4. The summed E-state index contributed by atoms with van der Waals surface area (Å²) in [5, 5.41) is 9.24. The molecule has 31 heavy (non-hydrogen) atoms. The summed E-state index contributed by atoms with van der Waals surface area (Å²) in [4.78, 5) is 17.0. The second-order valence-electron chi connectivity index (χ2n) is 6.63. The quantitative estimate of drug-likeness (QED) is 0.408. The SMILES string of the molecule is Cc1cc(NC(=O)c2ccc(C(F)(F)F)cc2)n(-c2nc(-c3ccc(F)cc3)cs2)n1. The topological polar surface area (TPSA) is 59.8 Å². The molecule has 0 aliphatic heterocycles. The highest BCUT2D eigenvalue weighted by atomic mass is 32.1. The van der Waals surface area contributed by atoms with Gasteiger partial charge in [0.15, 0.2) is 0 Å². The summed E-state index contributed by atoms with van der Waals surface area (Å²) in [5.41, 5.74) is 1.20. The Kier molecular flexibility index (Phi) is 5.32. The van der Waals surface area contributed by atoms with Gasteiger partial charge in [-0.2, -0.15) is 23.0 Å². The predicted molar refractivity (Wildman–Crippen MR) is 109 cm³/mol. The highest BCUT2D eigenvalue weighted by molar-refractivity contribution is 7.12. The summed E-state index contributed by atoms with van der Waals surface area (Å²) >= 11 is 1.28. The molecule has 158 valence electrons. The van der Waals surface area contributed by atoms with Gasteiger partial charge in [-0.05, 0) is 55.5 Å². The Morgan fingerprint density at radius 2 is 1.74 bits per heavy atom. The number of aromatic nitrogens is 3. The van der Waals surface area contributed by atoms with Crippen molar-refractivity contribution >= 4 is 23.1 Å². The maximum absolute atomic E-state index is 13.1. The molecule has 1 amide bonds. The molecular formula is C21H14F4N4OS. The number of carbonyl (C=O) groups excluding carboxylic acids is 1. The van der Waals surface area contributed by atoms with Crippen LogP contribution in [0.15, 0.2) is 60.0 Å². The number of hydrogen-bond acceptors (Lipinski definition) is 4. The maximum atomic E-state index is 13.1. The smallest absolute Gasteiger partial charge is 0.306 e. The molecule has 0 aliphatic rings. The Hall–Kier alpha value is -3.53. The number of alkyl halides is 3. The van der Waals surface area contributed by atoms with Crippen LogP contribution in [-0.2, 0) is 6.18 Å². The normalized spacial score (nSPS) is 11.5. The van der Waals surface area contributed by atoms with E-state index in [1.807, 2.05) is 0 Å². The van der Waals surface area contributed by atoms with Gasteiger partial charge in [0.2, 0.25) is 5.13 Å². The third-order valence-electron chi connectivity index (χ3n) is 4.36. The minimum absolute atomic E-state index is 0.0737. The van der Waals surface area contributed by atoms with E-state index in [0.29, 0.717) is 22.3 Å². The van der Waals surface area contributed by atoms with Gasteiger partial charge >= 0.3 is 6.18 Å². The van der Waals surface area contributed by atoms with Gasteiger partial charge in [0.05, 0.1) is 17.0 Å². The molecule has 0 spiro atoms. The third-order valence-corrected chi connectivity index (χ3v) is 5.18. The Bertz CT molecular complexity index is 1230. The zero-order valence-corrected chi connectivity index (χ0v) is 16.8. The fraction of sp³-hybridized carbons (Fsp3) is 0.0952. The monoisotopic (exact) mass is 446 g/mol. The molecule has 2 heterocycles. The van der Waals surface area contributed by atoms with Crippen LogP contribution in [0, 0.1) is 12.7 Å². The van der Waals surface area contributed by atoms with Crippen molar-refractivity contribution in [1.82, 2.24) is 14.8 Å². The van der Waals surface area contributed by atoms with Crippen LogP contribution < -0.4 is 5.32 Å². The first-order chi connectivity index (χ1) is 14.7. The molecule has 2 aromatic heterocycles. The van der Waals surface area contributed by atoms with Crippen molar-refractivity contribution in [2.75, 3.05) is 5.32 Å². The summed E-state index contributed by atoms with van der Waals surface area (Å²) < 4.78 is 52.7. The molecule has 0 radical (unpaired) electrons. The molecule has 0 aliphatic carbocycles. The molecular weight excluding hydrogens is 432 g/mol. The minimum atomic E-state index is -4.47. The lowest BCUT2D eigenvalue weighted by Gasteiger charge is -2.09. The van der Waals surface area contributed by atoms with Crippen molar-refractivity contribution in [2.24, 2.45) is 0 Å². The third kappa shape index (κ3) is 4.48. The van der Waals surface area contributed by atoms with E-state index in [9.17, 15) is 22.4 Å². The second-order valence-corrected chi connectivity index (χ2v) is 7.47. The molecule has 1 N–H and O–H groups in total. The first-order valence-corrected chi connectivity index (χ1v) is 9.86. The van der Waals surface area contributed by atoms with Gasteiger partial charge in [-0.1, -0.05) is 0 Å². The number of benzene rings is 2. The highest BCUT2D eigenvalue weighted by Crippen LogP contribution is 2.30. The van der Waals surface area contributed by atoms with Gasteiger partial charge in [-0.15, -0.1) is 11.3 Å². The number of thiazole rings is 1. The van der Waals surface area contributed by atoms with Crippen molar-refractivity contribution < 1.29 is 22.4 Å². The standard InChI is InChI=1S/C21H14F4N4OS/c1-12-10-18(27-19(30)14-2-6-15(7-3-14)21(23,24)25)29(28-12)20-26-17(11-31-20)13-4-8-16(22)9-5-13/h2-11H,1H3,(H,27,30). The second kappa shape index (κ2) is 7.95. The molecule has 0 bridgehead atoms. The van der Waals surface area contributed by atoms with E-state index in [-0.39, 0.29) is 11.4 Å². The Labute approximate surface area is 178 Å². The van der Waals surface area contributed by atoms with E-state index in [2.05, 4.69) is 15.4 Å². The number of aryl methyl sites for hydroxylation is 1. The Balaban J connectivity index is 1.58. The predicted octanol–water partition coefficient (Wildman–Crippen LogP) is 5.71. The van der Waals surface area contributed by atoms with E-state index in [1.54, 1.807) is 30.5 Å². The van der Waals surface area contributed by atoms with Crippen molar-refractivity contribution in [2.45, 2.75) is 13.1 Å². The molecule has 0 fully saturated rings. The van der Waals surface area contributed by atoms with Crippen LogP contribution >= 0.6 is 11.3 Å². The van der Waals surface area contributed by atoms with Crippen LogP contribution in [0.1, 0.15) is 21.6 Å². The van der Waals surface area contributed by atoms with Gasteiger partial charge in [-0.3, -0.25) is 4.79 Å². The van der Waals surface area contributed by atoms with Crippen molar-refractivity contribution in [3.63, 3.8) is 0 Å². The molecule has 4 rings (SSSR count). The number of hydrogen-bond donors (Lipinski definition) is 1.